The summed E-state index contributed by atoms with van der Waals surface area (Å²) in [4.78, 5) is 13.6. The zero-order valence-corrected chi connectivity index (χ0v) is 10.3. The van der Waals surface area contributed by atoms with Crippen molar-refractivity contribution in [2.45, 2.75) is 64.5 Å². The molecule has 1 rings (SSSR count). The molecule has 1 fully saturated rings. The van der Waals surface area contributed by atoms with Crippen molar-refractivity contribution >= 4 is 5.91 Å². The first-order valence-corrected chi connectivity index (χ1v) is 6.05. The van der Waals surface area contributed by atoms with E-state index in [1.807, 2.05) is 0 Å². The molecule has 1 aliphatic heterocycles. The molecule has 0 aromatic carbocycles. The lowest BCUT2D eigenvalue weighted by atomic mass is 9.94. The van der Waals surface area contributed by atoms with Crippen LogP contribution in [0.4, 0.5) is 0 Å². The number of rotatable bonds is 5. The molecule has 0 spiro atoms. The van der Waals surface area contributed by atoms with Crippen LogP contribution in [0.15, 0.2) is 0 Å². The third kappa shape index (κ3) is 2.94. The fourth-order valence-electron chi connectivity index (χ4n) is 2.54. The summed E-state index contributed by atoms with van der Waals surface area (Å²) >= 11 is 0. The zero-order chi connectivity index (χ0) is 11.5. The van der Waals surface area contributed by atoms with Gasteiger partial charge in [0.25, 0.3) is 0 Å². The normalized spacial score (nSPS) is 23.3. The van der Waals surface area contributed by atoms with Crippen LogP contribution in [0.25, 0.3) is 0 Å². The molecule has 0 saturated carbocycles. The SMILES string of the molecule is CCCCC(C)(C)N1CCCC1C(N)=O. The first-order valence-electron chi connectivity index (χ1n) is 6.05. The number of nitrogens with two attached hydrogens (primary N) is 1. The van der Waals surface area contributed by atoms with E-state index in [4.69, 9.17) is 5.73 Å². The van der Waals surface area contributed by atoms with Gasteiger partial charge in [-0.2, -0.15) is 0 Å². The second-order valence-electron chi connectivity index (χ2n) is 5.17. The van der Waals surface area contributed by atoms with Crippen LogP contribution in [-0.2, 0) is 4.79 Å². The molecule has 88 valence electrons. The lowest BCUT2D eigenvalue weighted by molar-refractivity contribution is -0.124. The summed E-state index contributed by atoms with van der Waals surface area (Å²) in [5.74, 6) is -0.155. The van der Waals surface area contributed by atoms with E-state index in [0.29, 0.717) is 0 Å². The monoisotopic (exact) mass is 212 g/mol. The number of carbonyl (C=O) groups excluding carboxylic acids is 1. The molecule has 0 radical (unpaired) electrons. The number of unbranched alkanes of at least 4 members (excludes halogenated alkanes) is 1. The van der Waals surface area contributed by atoms with Gasteiger partial charge in [0.05, 0.1) is 6.04 Å². The van der Waals surface area contributed by atoms with Gasteiger partial charge in [-0.05, 0) is 39.7 Å². The van der Waals surface area contributed by atoms with Gasteiger partial charge in [0, 0.05) is 5.54 Å². The Bertz CT molecular complexity index is 226. The van der Waals surface area contributed by atoms with Crippen molar-refractivity contribution < 1.29 is 4.79 Å². The van der Waals surface area contributed by atoms with Crippen LogP contribution >= 0.6 is 0 Å². The van der Waals surface area contributed by atoms with Crippen LogP contribution in [-0.4, -0.2) is 28.9 Å². The standard InChI is InChI=1S/C12H24N2O/c1-4-5-8-12(2,3)14-9-6-7-10(14)11(13)15/h10H,4-9H2,1-3H3,(H2,13,15). The highest BCUT2D eigenvalue weighted by molar-refractivity contribution is 5.80. The van der Waals surface area contributed by atoms with Crippen LogP contribution < -0.4 is 5.73 Å². The minimum Gasteiger partial charge on any atom is -0.368 e. The van der Waals surface area contributed by atoms with Gasteiger partial charge in [0.1, 0.15) is 0 Å². The average molecular weight is 212 g/mol. The summed E-state index contributed by atoms with van der Waals surface area (Å²) in [7, 11) is 0. The number of likely N-dealkylation sites (tertiary alicyclic amines) is 1. The van der Waals surface area contributed by atoms with E-state index in [-0.39, 0.29) is 17.5 Å². The van der Waals surface area contributed by atoms with Crippen LogP contribution in [0, 0.1) is 0 Å². The third-order valence-corrected chi connectivity index (χ3v) is 3.50. The number of carbonyl (C=O) groups is 1. The molecule has 0 bridgehead atoms. The Labute approximate surface area is 93.0 Å². The molecule has 1 heterocycles. The van der Waals surface area contributed by atoms with Crippen molar-refractivity contribution in [1.29, 1.82) is 0 Å². The van der Waals surface area contributed by atoms with E-state index < -0.39 is 0 Å². The Balaban J connectivity index is 2.63. The molecular weight excluding hydrogens is 188 g/mol. The van der Waals surface area contributed by atoms with Crippen molar-refractivity contribution in [2.24, 2.45) is 5.73 Å². The first-order chi connectivity index (χ1) is 6.99. The van der Waals surface area contributed by atoms with E-state index in [2.05, 4.69) is 25.7 Å². The predicted octanol–water partition coefficient (Wildman–Crippen LogP) is 1.90. The van der Waals surface area contributed by atoms with Crippen molar-refractivity contribution in [2.75, 3.05) is 6.54 Å². The predicted molar refractivity (Wildman–Crippen MR) is 62.5 cm³/mol. The Morgan fingerprint density at radius 1 is 1.53 bits per heavy atom. The Hall–Kier alpha value is -0.570. The maximum Gasteiger partial charge on any atom is 0.234 e. The molecule has 1 unspecified atom stereocenters. The van der Waals surface area contributed by atoms with Gasteiger partial charge in [-0.15, -0.1) is 0 Å². The quantitative estimate of drug-likeness (QED) is 0.756. The average Bonchev–Trinajstić information content (AvgIpc) is 2.63. The second-order valence-corrected chi connectivity index (χ2v) is 5.17. The van der Waals surface area contributed by atoms with Crippen molar-refractivity contribution in [3.8, 4) is 0 Å². The topological polar surface area (TPSA) is 46.3 Å². The second kappa shape index (κ2) is 4.97. The van der Waals surface area contributed by atoms with Gasteiger partial charge < -0.3 is 5.73 Å². The van der Waals surface area contributed by atoms with Crippen molar-refractivity contribution in [3.63, 3.8) is 0 Å². The van der Waals surface area contributed by atoms with Gasteiger partial charge >= 0.3 is 0 Å². The maximum atomic E-state index is 11.3. The number of amides is 1. The number of hydrogen-bond donors (Lipinski definition) is 1. The van der Waals surface area contributed by atoms with E-state index in [1.165, 1.54) is 12.8 Å². The van der Waals surface area contributed by atoms with Gasteiger partial charge in [0.15, 0.2) is 0 Å². The summed E-state index contributed by atoms with van der Waals surface area (Å²) in [6, 6.07) is -0.0307. The molecule has 3 heteroatoms. The molecule has 1 saturated heterocycles. The largest absolute Gasteiger partial charge is 0.368 e. The molecule has 0 aromatic rings. The lowest BCUT2D eigenvalue weighted by Gasteiger charge is -2.38. The van der Waals surface area contributed by atoms with E-state index in [0.717, 1.165) is 25.8 Å². The molecule has 2 N–H and O–H groups in total. The van der Waals surface area contributed by atoms with Gasteiger partial charge in [-0.25, -0.2) is 0 Å². The summed E-state index contributed by atoms with van der Waals surface area (Å²) in [6.07, 6.45) is 5.61. The van der Waals surface area contributed by atoms with Gasteiger partial charge in [0.2, 0.25) is 5.91 Å². The lowest BCUT2D eigenvalue weighted by Crippen LogP contribution is -2.51. The fraction of sp³-hybridized carbons (Fsp3) is 0.917. The maximum absolute atomic E-state index is 11.3. The molecule has 1 amide bonds. The highest BCUT2D eigenvalue weighted by atomic mass is 16.1. The summed E-state index contributed by atoms with van der Waals surface area (Å²) in [5.41, 5.74) is 5.55. The van der Waals surface area contributed by atoms with Crippen LogP contribution in [0.1, 0.15) is 52.9 Å². The molecule has 1 atom stereocenters. The minimum absolute atomic E-state index is 0.0307. The van der Waals surface area contributed by atoms with Gasteiger partial charge in [-0.1, -0.05) is 19.8 Å². The van der Waals surface area contributed by atoms with E-state index >= 15 is 0 Å². The van der Waals surface area contributed by atoms with Crippen molar-refractivity contribution in [1.82, 2.24) is 4.90 Å². The highest BCUT2D eigenvalue weighted by Crippen LogP contribution is 2.30. The summed E-state index contributed by atoms with van der Waals surface area (Å²) in [5, 5.41) is 0. The first kappa shape index (κ1) is 12.5. The van der Waals surface area contributed by atoms with E-state index in [1.54, 1.807) is 0 Å². The summed E-state index contributed by atoms with van der Waals surface area (Å²) in [6.45, 7) is 7.67. The van der Waals surface area contributed by atoms with Crippen LogP contribution in [0.3, 0.4) is 0 Å². The fourth-order valence-corrected chi connectivity index (χ4v) is 2.54. The molecular formula is C12H24N2O. The van der Waals surface area contributed by atoms with Crippen LogP contribution in [0.2, 0.25) is 0 Å². The molecule has 1 aliphatic rings. The number of nitrogens with zero attached hydrogens (tertiary/aromatic N) is 1. The molecule has 0 aromatic heterocycles. The highest BCUT2D eigenvalue weighted by Gasteiger charge is 2.38. The third-order valence-electron chi connectivity index (χ3n) is 3.50. The molecule has 15 heavy (non-hydrogen) atoms. The van der Waals surface area contributed by atoms with Crippen LogP contribution in [0.5, 0.6) is 0 Å². The number of hydrogen-bond acceptors (Lipinski definition) is 2. The smallest absolute Gasteiger partial charge is 0.234 e. The zero-order valence-electron chi connectivity index (χ0n) is 10.3. The minimum atomic E-state index is -0.155. The Morgan fingerprint density at radius 2 is 2.20 bits per heavy atom. The number of primary amides is 1. The van der Waals surface area contributed by atoms with Gasteiger partial charge in [-0.3, -0.25) is 9.69 Å². The molecule has 0 aliphatic carbocycles. The summed E-state index contributed by atoms with van der Waals surface area (Å²) < 4.78 is 0. The molecule has 3 nitrogen and oxygen atoms in total. The van der Waals surface area contributed by atoms with Crippen molar-refractivity contribution in [3.05, 3.63) is 0 Å². The Morgan fingerprint density at radius 3 is 2.73 bits per heavy atom. The van der Waals surface area contributed by atoms with E-state index in [9.17, 15) is 4.79 Å². The Kier molecular flexibility index (Phi) is 4.14.